The highest BCUT2D eigenvalue weighted by molar-refractivity contribution is 9.08. The van der Waals surface area contributed by atoms with Crippen molar-refractivity contribution in [2.75, 3.05) is 0 Å². The van der Waals surface area contributed by atoms with E-state index in [1.807, 2.05) is 24.3 Å². The molecule has 0 radical (unpaired) electrons. The van der Waals surface area contributed by atoms with Crippen LogP contribution in [0.15, 0.2) is 30.3 Å². The van der Waals surface area contributed by atoms with E-state index in [1.165, 1.54) is 6.08 Å². The molecule has 68 valence electrons. The van der Waals surface area contributed by atoms with Crippen LogP contribution in [0, 0.1) is 0 Å². The van der Waals surface area contributed by atoms with Crippen LogP contribution >= 0.6 is 15.9 Å². The van der Waals surface area contributed by atoms with E-state index in [0.717, 1.165) is 22.5 Å². The number of carbonyl (C=O) groups excluding carboxylic acids is 1. The molecule has 13 heavy (non-hydrogen) atoms. The molecule has 0 aliphatic carbocycles. The molecule has 0 saturated heterocycles. The van der Waals surface area contributed by atoms with Crippen molar-refractivity contribution in [3.63, 3.8) is 0 Å². The molecule has 0 atom stereocenters. The first kappa shape index (κ1) is 9.99. The topological polar surface area (TPSA) is 40.1 Å². The number of hydrogen-bond donors (Lipinski definition) is 0. The number of carboxylic acid groups (broad SMARTS) is 1. The minimum Gasteiger partial charge on any atom is -0.545 e. The van der Waals surface area contributed by atoms with Crippen molar-refractivity contribution >= 4 is 28.0 Å². The Bertz CT molecular complexity index is 331. The highest BCUT2D eigenvalue weighted by Gasteiger charge is 1.90. The molecule has 0 heterocycles. The second kappa shape index (κ2) is 4.82. The minimum atomic E-state index is -1.18. The van der Waals surface area contributed by atoms with Crippen molar-refractivity contribution in [1.82, 2.24) is 0 Å². The van der Waals surface area contributed by atoms with Gasteiger partial charge in [0.1, 0.15) is 0 Å². The fourth-order valence-electron chi connectivity index (χ4n) is 0.944. The van der Waals surface area contributed by atoms with Crippen LogP contribution in [0.4, 0.5) is 0 Å². The van der Waals surface area contributed by atoms with Gasteiger partial charge < -0.3 is 9.90 Å². The molecule has 1 aromatic rings. The van der Waals surface area contributed by atoms with Crippen molar-refractivity contribution in [1.29, 1.82) is 0 Å². The van der Waals surface area contributed by atoms with Crippen molar-refractivity contribution < 1.29 is 9.90 Å². The van der Waals surface area contributed by atoms with Crippen LogP contribution < -0.4 is 5.11 Å². The molecule has 0 fully saturated rings. The Kier molecular flexibility index (Phi) is 3.71. The molecule has 2 nitrogen and oxygen atoms in total. The molecule has 0 amide bonds. The first-order valence-electron chi connectivity index (χ1n) is 3.76. The molecule has 0 unspecified atom stereocenters. The number of carboxylic acids is 1. The molecule has 0 N–H and O–H groups in total. The lowest BCUT2D eigenvalue weighted by molar-refractivity contribution is -0.297. The highest BCUT2D eigenvalue weighted by Crippen LogP contribution is 2.09. The van der Waals surface area contributed by atoms with E-state index in [1.54, 1.807) is 0 Å². The molecule has 1 aromatic carbocycles. The average Bonchev–Trinajstić information content (AvgIpc) is 2.15. The van der Waals surface area contributed by atoms with Gasteiger partial charge in [-0.25, -0.2) is 0 Å². The third kappa shape index (κ3) is 3.42. The third-order valence-electron chi connectivity index (χ3n) is 1.52. The lowest BCUT2D eigenvalue weighted by atomic mass is 10.1. The van der Waals surface area contributed by atoms with E-state index in [9.17, 15) is 9.90 Å². The summed E-state index contributed by atoms with van der Waals surface area (Å²) in [6, 6.07) is 7.59. The first-order valence-corrected chi connectivity index (χ1v) is 4.88. The summed E-state index contributed by atoms with van der Waals surface area (Å²) in [6.07, 6.45) is 2.54. The molecule has 0 aliphatic rings. The zero-order valence-corrected chi connectivity index (χ0v) is 8.45. The lowest BCUT2D eigenvalue weighted by Gasteiger charge is -1.97. The van der Waals surface area contributed by atoms with Gasteiger partial charge in [0.05, 0.1) is 5.97 Å². The molecular weight excluding hydrogens is 232 g/mol. The van der Waals surface area contributed by atoms with E-state index in [2.05, 4.69) is 15.9 Å². The van der Waals surface area contributed by atoms with Gasteiger partial charge in [-0.3, -0.25) is 0 Å². The average molecular weight is 240 g/mol. The van der Waals surface area contributed by atoms with Crippen LogP contribution in [0.1, 0.15) is 11.1 Å². The van der Waals surface area contributed by atoms with Gasteiger partial charge in [-0.2, -0.15) is 0 Å². The maximum absolute atomic E-state index is 10.1. The number of halogens is 1. The van der Waals surface area contributed by atoms with E-state index in [-0.39, 0.29) is 0 Å². The molecule has 3 heteroatoms. The molecule has 0 aliphatic heterocycles. The van der Waals surface area contributed by atoms with Crippen molar-refractivity contribution in [2.24, 2.45) is 0 Å². The Labute approximate surface area is 85.0 Å². The number of benzene rings is 1. The molecule has 0 saturated carbocycles. The first-order chi connectivity index (χ1) is 6.22. The molecular formula is C10H8BrO2-. The Balaban J connectivity index is 2.83. The zero-order chi connectivity index (χ0) is 9.68. The summed E-state index contributed by atoms with van der Waals surface area (Å²) in [6.45, 7) is 0. The van der Waals surface area contributed by atoms with Crippen molar-refractivity contribution in [2.45, 2.75) is 5.33 Å². The quantitative estimate of drug-likeness (QED) is 0.590. The number of hydrogen-bond acceptors (Lipinski definition) is 2. The summed E-state index contributed by atoms with van der Waals surface area (Å²) in [7, 11) is 0. The van der Waals surface area contributed by atoms with E-state index >= 15 is 0 Å². The van der Waals surface area contributed by atoms with Crippen LogP contribution in [-0.2, 0) is 10.1 Å². The number of carbonyl (C=O) groups is 1. The number of alkyl halides is 1. The maximum atomic E-state index is 10.1. The smallest absolute Gasteiger partial charge is 0.0643 e. The van der Waals surface area contributed by atoms with Gasteiger partial charge in [-0.15, -0.1) is 0 Å². The lowest BCUT2D eigenvalue weighted by Crippen LogP contribution is -2.18. The summed E-state index contributed by atoms with van der Waals surface area (Å²) in [4.78, 5) is 10.1. The zero-order valence-electron chi connectivity index (χ0n) is 6.87. The Hall–Kier alpha value is -1.09. The second-order valence-electron chi connectivity index (χ2n) is 2.53. The van der Waals surface area contributed by atoms with Gasteiger partial charge >= 0.3 is 0 Å². The van der Waals surface area contributed by atoms with Crippen LogP contribution in [-0.4, -0.2) is 5.97 Å². The minimum absolute atomic E-state index is 0.764. The summed E-state index contributed by atoms with van der Waals surface area (Å²) in [5.74, 6) is -1.18. The van der Waals surface area contributed by atoms with E-state index in [4.69, 9.17) is 0 Å². The fourth-order valence-corrected chi connectivity index (χ4v) is 1.29. The largest absolute Gasteiger partial charge is 0.545 e. The molecule has 0 bridgehead atoms. The van der Waals surface area contributed by atoms with Crippen molar-refractivity contribution in [3.05, 3.63) is 41.5 Å². The maximum Gasteiger partial charge on any atom is 0.0643 e. The summed E-state index contributed by atoms with van der Waals surface area (Å²) >= 11 is 3.32. The third-order valence-corrected chi connectivity index (χ3v) is 2.16. The summed E-state index contributed by atoms with van der Waals surface area (Å²) < 4.78 is 0. The Morgan fingerprint density at radius 2 is 2.31 bits per heavy atom. The van der Waals surface area contributed by atoms with Gasteiger partial charge in [0.15, 0.2) is 0 Å². The summed E-state index contributed by atoms with van der Waals surface area (Å²) in [5, 5.41) is 10.9. The van der Waals surface area contributed by atoms with E-state index in [0.29, 0.717) is 0 Å². The van der Waals surface area contributed by atoms with Crippen LogP contribution in [0.5, 0.6) is 0 Å². The second-order valence-corrected chi connectivity index (χ2v) is 3.09. The van der Waals surface area contributed by atoms with Gasteiger partial charge in [0.25, 0.3) is 0 Å². The van der Waals surface area contributed by atoms with Crippen LogP contribution in [0.25, 0.3) is 6.08 Å². The number of aliphatic carboxylic acids is 1. The van der Waals surface area contributed by atoms with Gasteiger partial charge in [0, 0.05) is 5.33 Å². The van der Waals surface area contributed by atoms with Gasteiger partial charge in [-0.1, -0.05) is 46.3 Å². The highest BCUT2D eigenvalue weighted by atomic mass is 79.9. The predicted octanol–water partition coefficient (Wildman–Crippen LogP) is 1.34. The molecule has 0 aromatic heterocycles. The Morgan fingerprint density at radius 3 is 2.92 bits per heavy atom. The predicted molar refractivity (Wildman–Crippen MR) is 53.1 cm³/mol. The fraction of sp³-hybridized carbons (Fsp3) is 0.100. The van der Waals surface area contributed by atoms with Gasteiger partial charge in [0.2, 0.25) is 0 Å². The number of rotatable bonds is 3. The van der Waals surface area contributed by atoms with Crippen molar-refractivity contribution in [3.8, 4) is 0 Å². The molecule has 1 rings (SSSR count). The normalized spacial score (nSPS) is 10.5. The summed E-state index contributed by atoms with van der Waals surface area (Å²) in [5.41, 5.74) is 1.97. The van der Waals surface area contributed by atoms with Crippen LogP contribution in [0.2, 0.25) is 0 Å². The monoisotopic (exact) mass is 239 g/mol. The standard InChI is InChI=1S/C10H9BrO2/c11-7-9-3-1-2-8(6-9)4-5-10(12)13/h1-6H,7H2,(H,12,13)/p-1/b5-4+. The van der Waals surface area contributed by atoms with Crippen LogP contribution in [0.3, 0.4) is 0 Å². The van der Waals surface area contributed by atoms with Gasteiger partial charge in [-0.05, 0) is 17.2 Å². The van der Waals surface area contributed by atoms with E-state index < -0.39 is 5.97 Å². The Morgan fingerprint density at radius 1 is 1.54 bits per heavy atom. The molecule has 0 spiro atoms. The SMILES string of the molecule is O=C([O-])/C=C/c1cccc(CBr)c1.